The van der Waals surface area contributed by atoms with Gasteiger partial charge in [-0.15, -0.1) is 0 Å². The molecule has 1 rings (SSSR count). The van der Waals surface area contributed by atoms with Crippen LogP contribution in [0.4, 0.5) is 0 Å². The van der Waals surface area contributed by atoms with Gasteiger partial charge in [0.25, 0.3) is 0 Å². The van der Waals surface area contributed by atoms with Crippen molar-refractivity contribution in [3.63, 3.8) is 0 Å². The van der Waals surface area contributed by atoms with Gasteiger partial charge in [-0.1, -0.05) is 18.3 Å². The van der Waals surface area contributed by atoms with E-state index in [1.807, 2.05) is 0 Å². The van der Waals surface area contributed by atoms with Crippen LogP contribution in [0, 0.1) is 6.92 Å². The summed E-state index contributed by atoms with van der Waals surface area (Å²) < 4.78 is 2.28. The Morgan fingerprint density at radius 3 is 2.89 bits per heavy atom. The average molecular weight is 142 g/mol. The normalized spacial score (nSPS) is 10.0. The maximum absolute atomic E-state index is 2.28. The van der Waals surface area contributed by atoms with Crippen molar-refractivity contribution in [2.75, 3.05) is 0 Å². The topological polar surface area (TPSA) is 3.88 Å². The van der Waals surface area contributed by atoms with E-state index in [4.69, 9.17) is 0 Å². The van der Waals surface area contributed by atoms with Crippen molar-refractivity contribution in [3.05, 3.63) is 16.6 Å². The van der Waals surface area contributed by atoms with E-state index in [0.717, 1.165) is 6.54 Å². The van der Waals surface area contributed by atoms with Crippen LogP contribution in [0.5, 0.6) is 0 Å². The summed E-state index contributed by atoms with van der Waals surface area (Å²) in [5.74, 6) is 0. The molecule has 0 aliphatic rings. The summed E-state index contributed by atoms with van der Waals surface area (Å²) >= 11 is 1.77. The molecule has 1 heterocycles. The van der Waals surface area contributed by atoms with E-state index < -0.39 is 0 Å². The van der Waals surface area contributed by atoms with Gasteiger partial charge >= 0.3 is 0 Å². The van der Waals surface area contributed by atoms with Gasteiger partial charge in [0.05, 0.1) is 5.38 Å². The molecule has 0 aromatic carbocycles. The molecule has 0 fully saturated rings. The van der Waals surface area contributed by atoms with Crippen LogP contribution in [0.25, 0.3) is 0 Å². The summed E-state index contributed by atoms with van der Waals surface area (Å²) in [4.78, 5) is 0. The summed E-state index contributed by atoms with van der Waals surface area (Å²) in [7, 11) is 0. The number of hydrogen-bond donors (Lipinski definition) is 0. The minimum atomic E-state index is 1.16. The van der Waals surface area contributed by atoms with Gasteiger partial charge in [-0.05, 0) is 0 Å². The Labute approximate surface area is 60.0 Å². The van der Waals surface area contributed by atoms with E-state index in [1.54, 1.807) is 11.3 Å². The first-order valence-electron chi connectivity index (χ1n) is 3.27. The summed E-state index contributed by atoms with van der Waals surface area (Å²) in [5.41, 5.74) is 3.54. The fraction of sp³-hybridized carbons (Fsp3) is 0.571. The zero-order valence-electron chi connectivity index (χ0n) is 5.92. The van der Waals surface area contributed by atoms with Crippen LogP contribution in [0.3, 0.4) is 0 Å². The molecule has 1 aromatic heterocycles. The first-order valence-corrected chi connectivity index (χ1v) is 4.21. The highest BCUT2D eigenvalue weighted by molar-refractivity contribution is 7.07. The smallest absolute Gasteiger partial charge is 0.193 e. The van der Waals surface area contributed by atoms with Crippen molar-refractivity contribution in [2.24, 2.45) is 0 Å². The minimum Gasteiger partial charge on any atom is -0.193 e. The second-order valence-electron chi connectivity index (χ2n) is 2.19. The van der Waals surface area contributed by atoms with Gasteiger partial charge in [-0.3, -0.25) is 0 Å². The van der Waals surface area contributed by atoms with Crippen molar-refractivity contribution >= 4 is 11.3 Å². The molecule has 0 radical (unpaired) electrons. The number of rotatable bonds is 2. The van der Waals surface area contributed by atoms with E-state index >= 15 is 0 Å². The predicted molar refractivity (Wildman–Crippen MR) is 39.5 cm³/mol. The van der Waals surface area contributed by atoms with E-state index in [0.29, 0.717) is 0 Å². The van der Waals surface area contributed by atoms with Gasteiger partial charge in [0, 0.05) is 13.3 Å². The van der Waals surface area contributed by atoms with Crippen LogP contribution >= 0.6 is 11.3 Å². The molecule has 0 N–H and O–H groups in total. The maximum atomic E-state index is 2.28. The molecular weight excluding hydrogens is 130 g/mol. The van der Waals surface area contributed by atoms with Crippen LogP contribution in [-0.4, -0.2) is 0 Å². The number of aryl methyl sites for hydroxylation is 2. The zero-order valence-corrected chi connectivity index (χ0v) is 6.74. The van der Waals surface area contributed by atoms with Crippen molar-refractivity contribution < 1.29 is 4.57 Å². The number of hydrogen-bond acceptors (Lipinski definition) is 1. The molecule has 0 saturated carbocycles. The lowest BCUT2D eigenvalue weighted by Crippen LogP contribution is -2.33. The summed E-state index contributed by atoms with van der Waals surface area (Å²) in [6.07, 6.45) is 1.22. The molecule has 0 unspecified atom stereocenters. The molecule has 0 spiro atoms. The molecule has 0 aliphatic carbocycles. The van der Waals surface area contributed by atoms with Gasteiger partial charge in [0.15, 0.2) is 5.69 Å². The van der Waals surface area contributed by atoms with Crippen LogP contribution in [0.2, 0.25) is 0 Å². The summed E-state index contributed by atoms with van der Waals surface area (Å²) in [5, 5.41) is 2.18. The quantitative estimate of drug-likeness (QED) is 0.554. The largest absolute Gasteiger partial charge is 0.224 e. The van der Waals surface area contributed by atoms with Crippen LogP contribution in [0.15, 0.2) is 10.9 Å². The highest BCUT2D eigenvalue weighted by Crippen LogP contribution is 1.96. The van der Waals surface area contributed by atoms with E-state index in [1.165, 1.54) is 12.1 Å². The lowest BCUT2D eigenvalue weighted by atomic mass is 10.4. The first kappa shape index (κ1) is 6.75. The Hall–Kier alpha value is -0.370. The monoisotopic (exact) mass is 142 g/mol. The van der Waals surface area contributed by atoms with Crippen molar-refractivity contribution in [3.8, 4) is 0 Å². The molecule has 50 valence electrons. The van der Waals surface area contributed by atoms with Crippen molar-refractivity contribution in [2.45, 2.75) is 26.8 Å². The lowest BCUT2D eigenvalue weighted by molar-refractivity contribution is -0.698. The molecule has 0 saturated heterocycles. The Morgan fingerprint density at radius 2 is 2.44 bits per heavy atom. The molecule has 0 bridgehead atoms. The predicted octanol–water partition coefficient (Wildman–Crippen LogP) is 1.75. The fourth-order valence-electron chi connectivity index (χ4n) is 0.823. The molecule has 0 atom stereocenters. The average Bonchev–Trinajstić information content (AvgIpc) is 2.18. The van der Waals surface area contributed by atoms with E-state index in [-0.39, 0.29) is 0 Å². The second-order valence-corrected chi connectivity index (χ2v) is 2.91. The molecule has 9 heavy (non-hydrogen) atoms. The Kier molecular flexibility index (Phi) is 2.22. The highest BCUT2D eigenvalue weighted by Gasteiger charge is 2.02. The third-order valence-electron chi connectivity index (χ3n) is 1.34. The lowest BCUT2D eigenvalue weighted by Gasteiger charge is -1.87. The Morgan fingerprint density at radius 1 is 1.67 bits per heavy atom. The molecule has 0 aliphatic heterocycles. The third kappa shape index (κ3) is 1.52. The molecule has 0 amide bonds. The van der Waals surface area contributed by atoms with E-state index in [2.05, 4.69) is 29.3 Å². The van der Waals surface area contributed by atoms with Crippen molar-refractivity contribution in [1.29, 1.82) is 0 Å². The van der Waals surface area contributed by atoms with Gasteiger partial charge in [-0.2, -0.15) is 4.57 Å². The summed E-state index contributed by atoms with van der Waals surface area (Å²) in [6, 6.07) is 0. The van der Waals surface area contributed by atoms with Gasteiger partial charge in [-0.25, -0.2) is 0 Å². The molecule has 2 heteroatoms. The zero-order chi connectivity index (χ0) is 6.69. The first-order chi connectivity index (χ1) is 4.34. The van der Waals surface area contributed by atoms with Gasteiger partial charge < -0.3 is 0 Å². The van der Waals surface area contributed by atoms with Gasteiger partial charge in [0.2, 0.25) is 5.51 Å². The Bertz CT molecular complexity index is 181. The Balaban J connectivity index is 2.69. The third-order valence-corrected chi connectivity index (χ3v) is 2.20. The number of thiazole rings is 1. The highest BCUT2D eigenvalue weighted by atomic mass is 32.1. The second kappa shape index (κ2) is 2.97. The maximum Gasteiger partial charge on any atom is 0.224 e. The van der Waals surface area contributed by atoms with Crippen LogP contribution < -0.4 is 4.57 Å². The van der Waals surface area contributed by atoms with Crippen molar-refractivity contribution in [1.82, 2.24) is 0 Å². The molecular formula is C7H12NS+. The SMILES string of the molecule is CCC[n+]1cscc1C. The standard InChI is InChI=1S/C7H12NS/c1-3-4-8-6-9-5-7(8)2/h5-6H,3-4H2,1-2H3/q+1. The number of nitrogens with zero attached hydrogens (tertiary/aromatic N) is 1. The fourth-order valence-corrected chi connectivity index (χ4v) is 1.63. The van der Waals surface area contributed by atoms with Crippen LogP contribution in [-0.2, 0) is 6.54 Å². The van der Waals surface area contributed by atoms with Gasteiger partial charge in [0.1, 0.15) is 6.54 Å². The van der Waals surface area contributed by atoms with E-state index in [9.17, 15) is 0 Å². The molecule has 1 aromatic rings. The minimum absolute atomic E-state index is 1.16. The summed E-state index contributed by atoms with van der Waals surface area (Å²) in [6.45, 7) is 5.51. The van der Waals surface area contributed by atoms with Crippen LogP contribution in [0.1, 0.15) is 19.0 Å². The molecule has 1 nitrogen and oxygen atoms in total. The number of aromatic nitrogens is 1.